The molecule has 3 saturated carbocycles. The average molecular weight is 281 g/mol. The van der Waals surface area contributed by atoms with E-state index in [4.69, 9.17) is 4.99 Å². The van der Waals surface area contributed by atoms with Gasteiger partial charge in [0, 0.05) is 11.8 Å². The van der Waals surface area contributed by atoms with Gasteiger partial charge in [0.15, 0.2) is 0 Å². The monoisotopic (exact) mass is 281 g/mol. The molecule has 108 valence electrons. The highest BCUT2D eigenvalue weighted by Crippen LogP contribution is 2.48. The van der Waals surface area contributed by atoms with Crippen LogP contribution in [-0.2, 0) is 0 Å². The molecule has 4 aliphatic rings. The van der Waals surface area contributed by atoms with Crippen LogP contribution in [0.5, 0.6) is 0 Å². The number of aliphatic imine (C=N–C) groups is 1. The van der Waals surface area contributed by atoms with Crippen molar-refractivity contribution in [3.63, 3.8) is 0 Å². The van der Waals surface area contributed by atoms with E-state index >= 15 is 0 Å². The molecule has 1 aliphatic heterocycles. The van der Waals surface area contributed by atoms with Crippen molar-refractivity contribution in [2.75, 3.05) is 0 Å². The van der Waals surface area contributed by atoms with Gasteiger partial charge in [-0.2, -0.15) is 0 Å². The first kappa shape index (κ1) is 11.7. The number of hydrogen-bond acceptors (Lipinski definition) is 4. The summed E-state index contributed by atoms with van der Waals surface area (Å²) in [5.74, 6) is 2.52. The van der Waals surface area contributed by atoms with E-state index in [1.54, 1.807) is 0 Å². The molecule has 3 fully saturated rings. The van der Waals surface area contributed by atoms with Gasteiger partial charge in [0.25, 0.3) is 0 Å². The van der Waals surface area contributed by atoms with E-state index in [1.807, 2.05) is 23.1 Å². The second-order valence-electron chi connectivity index (χ2n) is 6.70. The van der Waals surface area contributed by atoms with Crippen molar-refractivity contribution in [2.45, 2.75) is 37.8 Å². The predicted octanol–water partition coefficient (Wildman–Crippen LogP) is 2.10. The van der Waals surface area contributed by atoms with Crippen LogP contribution in [-0.4, -0.2) is 20.9 Å². The molecule has 0 aromatic carbocycles. The van der Waals surface area contributed by atoms with Crippen LogP contribution in [0, 0.1) is 11.8 Å². The van der Waals surface area contributed by atoms with Gasteiger partial charge in [0.05, 0.1) is 18.0 Å². The van der Waals surface area contributed by atoms with E-state index in [0.717, 1.165) is 22.8 Å². The molecule has 2 bridgehead atoms. The third kappa shape index (κ3) is 1.67. The van der Waals surface area contributed by atoms with Crippen molar-refractivity contribution < 1.29 is 0 Å². The summed E-state index contributed by atoms with van der Waals surface area (Å²) in [6.07, 6.45) is 12.3. The van der Waals surface area contributed by atoms with Crippen molar-refractivity contribution in [3.05, 3.63) is 36.4 Å². The van der Waals surface area contributed by atoms with Gasteiger partial charge in [-0.1, -0.05) is 0 Å². The number of amidine groups is 1. The zero-order chi connectivity index (χ0) is 13.9. The maximum absolute atomic E-state index is 5.09. The lowest BCUT2D eigenvalue weighted by atomic mass is 9.65. The number of hydrazine groups is 1. The molecule has 2 aromatic rings. The second kappa shape index (κ2) is 4.07. The van der Waals surface area contributed by atoms with Crippen LogP contribution >= 0.6 is 0 Å². The van der Waals surface area contributed by atoms with Crippen LogP contribution < -0.4 is 10.9 Å². The van der Waals surface area contributed by atoms with Gasteiger partial charge in [-0.3, -0.25) is 0 Å². The molecule has 21 heavy (non-hydrogen) atoms. The first-order chi connectivity index (χ1) is 10.3. The summed E-state index contributed by atoms with van der Waals surface area (Å²) in [6.45, 7) is 0. The highest BCUT2D eigenvalue weighted by Gasteiger charge is 2.49. The zero-order valence-corrected chi connectivity index (χ0v) is 11.9. The highest BCUT2D eigenvalue weighted by molar-refractivity contribution is 6.00. The summed E-state index contributed by atoms with van der Waals surface area (Å²) in [7, 11) is 0. The molecule has 6 rings (SSSR count). The molecule has 2 N–H and O–H groups in total. The average Bonchev–Trinajstić information content (AvgIpc) is 3.15. The second-order valence-corrected chi connectivity index (χ2v) is 6.70. The largest absolute Gasteiger partial charge is 0.306 e. The first-order valence-corrected chi connectivity index (χ1v) is 7.88. The van der Waals surface area contributed by atoms with Crippen LogP contribution in [0.3, 0.4) is 0 Å². The van der Waals surface area contributed by atoms with Crippen LogP contribution in [0.1, 0.15) is 37.7 Å². The van der Waals surface area contributed by atoms with Crippen LogP contribution in [0.15, 0.2) is 35.8 Å². The van der Waals surface area contributed by atoms with Crippen LogP contribution in [0.25, 0.3) is 5.52 Å². The lowest BCUT2D eigenvalue weighted by molar-refractivity contribution is 0.0506. The molecule has 0 unspecified atom stereocenters. The molecule has 5 nitrogen and oxygen atoms in total. The van der Waals surface area contributed by atoms with Gasteiger partial charge in [-0.05, 0) is 56.1 Å². The molecule has 2 aromatic heterocycles. The number of nitrogens with one attached hydrogen (secondary N) is 2. The molecular weight excluding hydrogens is 262 g/mol. The first-order valence-electron chi connectivity index (χ1n) is 7.88. The Morgan fingerprint density at radius 2 is 2.14 bits per heavy atom. The number of nitrogens with zero attached hydrogens (tertiary/aromatic N) is 3. The summed E-state index contributed by atoms with van der Waals surface area (Å²) in [4.78, 5) is 9.26. The maximum Gasteiger partial charge on any atom is 0.144 e. The third-order valence-electron chi connectivity index (χ3n) is 5.52. The minimum Gasteiger partial charge on any atom is -0.306 e. The van der Waals surface area contributed by atoms with Gasteiger partial charge in [-0.15, -0.1) is 0 Å². The van der Waals surface area contributed by atoms with Gasteiger partial charge in [0.1, 0.15) is 11.5 Å². The smallest absolute Gasteiger partial charge is 0.144 e. The number of aromatic nitrogens is 2. The Bertz CT molecular complexity index is 725. The molecule has 1 spiro atoms. The predicted molar refractivity (Wildman–Crippen MR) is 80.8 cm³/mol. The Hall–Kier alpha value is -1.88. The summed E-state index contributed by atoms with van der Waals surface area (Å²) >= 11 is 0. The molecule has 0 saturated heterocycles. The van der Waals surface area contributed by atoms with Crippen molar-refractivity contribution in [1.29, 1.82) is 0 Å². The fourth-order valence-electron chi connectivity index (χ4n) is 4.37. The Morgan fingerprint density at radius 1 is 1.24 bits per heavy atom. The topological polar surface area (TPSA) is 53.7 Å². The molecule has 3 aliphatic carbocycles. The van der Waals surface area contributed by atoms with E-state index in [2.05, 4.69) is 28.0 Å². The van der Waals surface area contributed by atoms with Crippen LogP contribution in [0.2, 0.25) is 0 Å². The zero-order valence-electron chi connectivity index (χ0n) is 11.9. The molecule has 3 heterocycles. The standard InChI is InChI=1S/C16H19N5/c1-3-13-4-2-11(1)8-16(13)18-15(19-20-16)12-5-6-21-10-17-9-14(21)7-12/h5-7,9-11,13,20H,1-4,8H2,(H,18,19)/t11?,13?,16-/m0/s1. The van der Waals surface area contributed by atoms with E-state index in [1.165, 1.54) is 32.1 Å². The summed E-state index contributed by atoms with van der Waals surface area (Å²) in [6, 6.07) is 4.24. The molecule has 0 radical (unpaired) electrons. The number of imidazole rings is 1. The van der Waals surface area contributed by atoms with E-state index in [-0.39, 0.29) is 5.66 Å². The van der Waals surface area contributed by atoms with E-state index in [0.29, 0.717) is 5.92 Å². The lowest BCUT2D eigenvalue weighted by Crippen LogP contribution is -2.56. The lowest BCUT2D eigenvalue weighted by Gasteiger charge is -2.47. The fourth-order valence-corrected chi connectivity index (χ4v) is 4.37. The third-order valence-corrected chi connectivity index (χ3v) is 5.52. The van der Waals surface area contributed by atoms with E-state index < -0.39 is 0 Å². The van der Waals surface area contributed by atoms with Crippen molar-refractivity contribution in [2.24, 2.45) is 16.8 Å². The number of fused-ring (bicyclic) bond motifs is 3. The summed E-state index contributed by atoms with van der Waals surface area (Å²) in [5, 5.41) is 0. The van der Waals surface area contributed by atoms with Crippen molar-refractivity contribution in [1.82, 2.24) is 20.2 Å². The molecule has 0 amide bonds. The van der Waals surface area contributed by atoms with Crippen LogP contribution in [0.4, 0.5) is 0 Å². The van der Waals surface area contributed by atoms with Gasteiger partial charge >= 0.3 is 0 Å². The van der Waals surface area contributed by atoms with Crippen molar-refractivity contribution >= 4 is 11.4 Å². The summed E-state index contributed by atoms with van der Waals surface area (Å²) in [5.41, 5.74) is 9.04. The highest BCUT2D eigenvalue weighted by atomic mass is 15.5. The summed E-state index contributed by atoms with van der Waals surface area (Å²) < 4.78 is 2.02. The normalized spacial score (nSPS) is 34.4. The number of rotatable bonds is 1. The minimum atomic E-state index is -0.0527. The maximum atomic E-state index is 5.09. The van der Waals surface area contributed by atoms with Gasteiger partial charge in [0.2, 0.25) is 0 Å². The Balaban J connectivity index is 1.53. The molecule has 5 heteroatoms. The minimum absolute atomic E-state index is 0.0527. The van der Waals surface area contributed by atoms with Gasteiger partial charge in [-0.25, -0.2) is 15.4 Å². The molecule has 1 atom stereocenters. The fraction of sp³-hybridized carbons (Fsp3) is 0.500. The Kier molecular flexibility index (Phi) is 2.28. The number of pyridine rings is 1. The Labute approximate surface area is 123 Å². The van der Waals surface area contributed by atoms with Crippen molar-refractivity contribution in [3.8, 4) is 0 Å². The van der Waals surface area contributed by atoms with Gasteiger partial charge < -0.3 is 9.83 Å². The van der Waals surface area contributed by atoms with E-state index in [9.17, 15) is 0 Å². The molecular formula is C16H19N5. The Morgan fingerprint density at radius 3 is 2.95 bits per heavy atom. The number of hydrogen-bond donors (Lipinski definition) is 2. The quantitative estimate of drug-likeness (QED) is 0.841. The SMILES string of the molecule is c1cn2cncc2cc1C1=N[C@@]2(CC3CCC2CC3)NN1.